The van der Waals surface area contributed by atoms with Crippen molar-refractivity contribution in [1.82, 2.24) is 9.97 Å². The zero-order chi connectivity index (χ0) is 22.7. The van der Waals surface area contributed by atoms with Crippen LogP contribution >= 0.6 is 0 Å². The Hall–Kier alpha value is -3.64. The first-order chi connectivity index (χ1) is 15.4. The van der Waals surface area contributed by atoms with Crippen molar-refractivity contribution in [3.63, 3.8) is 0 Å². The highest BCUT2D eigenvalue weighted by Gasteiger charge is 2.33. The molecule has 0 radical (unpaired) electrons. The fourth-order valence-electron chi connectivity index (χ4n) is 3.98. The predicted molar refractivity (Wildman–Crippen MR) is 127 cm³/mol. The molecule has 0 bridgehead atoms. The van der Waals surface area contributed by atoms with Crippen molar-refractivity contribution in [2.45, 2.75) is 26.4 Å². The Balaban J connectivity index is 1.56. The number of hydrogen-bond donors (Lipinski definition) is 3. The third kappa shape index (κ3) is 4.50. The third-order valence-corrected chi connectivity index (χ3v) is 5.91. The molecule has 0 saturated carbocycles. The number of aromatic nitrogens is 2. The summed E-state index contributed by atoms with van der Waals surface area (Å²) < 4.78 is 5.96. The van der Waals surface area contributed by atoms with Crippen molar-refractivity contribution in [3.05, 3.63) is 95.6 Å². The third-order valence-electron chi connectivity index (χ3n) is 5.91. The first kappa shape index (κ1) is 21.6. The van der Waals surface area contributed by atoms with Gasteiger partial charge in [0.05, 0.1) is 0 Å². The molecule has 6 nitrogen and oxygen atoms in total. The number of amides is 1. The highest BCUT2D eigenvalue weighted by atomic mass is 16.5. The van der Waals surface area contributed by atoms with Crippen molar-refractivity contribution >= 4 is 16.7 Å². The number of carbonyl (C=O) groups is 1. The molecule has 4 aromatic rings. The number of fused-ring (bicyclic) bond motifs is 1. The van der Waals surface area contributed by atoms with E-state index < -0.39 is 5.91 Å². The molecule has 0 aliphatic carbocycles. The van der Waals surface area contributed by atoms with Crippen molar-refractivity contribution in [1.29, 1.82) is 0 Å². The molecular formula is C26H28N4O2. The van der Waals surface area contributed by atoms with Crippen LogP contribution in [0.3, 0.4) is 0 Å². The van der Waals surface area contributed by atoms with Crippen LogP contribution in [-0.4, -0.2) is 22.4 Å². The van der Waals surface area contributed by atoms with E-state index in [2.05, 4.69) is 48.1 Å². The minimum atomic E-state index is -0.435. The van der Waals surface area contributed by atoms with Gasteiger partial charge in [-0.15, -0.1) is 0 Å². The van der Waals surface area contributed by atoms with Crippen LogP contribution in [0.15, 0.2) is 73.1 Å². The zero-order valence-electron chi connectivity index (χ0n) is 18.3. The summed E-state index contributed by atoms with van der Waals surface area (Å²) >= 11 is 0. The van der Waals surface area contributed by atoms with Gasteiger partial charge < -0.3 is 21.2 Å². The fourth-order valence-corrected chi connectivity index (χ4v) is 3.98. The summed E-state index contributed by atoms with van der Waals surface area (Å²) in [4.78, 5) is 19.0. The number of nitrogens with two attached hydrogens (primary N) is 2. The largest absolute Gasteiger partial charge is 0.489 e. The molecule has 0 aliphatic rings. The van der Waals surface area contributed by atoms with Crippen LogP contribution < -0.4 is 16.2 Å². The molecule has 6 heteroatoms. The van der Waals surface area contributed by atoms with Gasteiger partial charge in [0.25, 0.3) is 0 Å². The number of hydrogen-bond acceptors (Lipinski definition) is 4. The summed E-state index contributed by atoms with van der Waals surface area (Å²) in [5.74, 6) is 1.33. The lowest BCUT2D eigenvalue weighted by atomic mass is 9.74. The lowest BCUT2D eigenvalue weighted by Crippen LogP contribution is -2.32. The smallest absolute Gasteiger partial charge is 0.248 e. The number of aromatic amines is 1. The molecule has 1 heterocycles. The van der Waals surface area contributed by atoms with Gasteiger partial charge >= 0.3 is 0 Å². The molecule has 32 heavy (non-hydrogen) atoms. The van der Waals surface area contributed by atoms with E-state index in [1.807, 2.05) is 30.5 Å². The molecule has 0 aliphatic heterocycles. The fraction of sp³-hybridized carbons (Fsp3) is 0.231. The van der Waals surface area contributed by atoms with E-state index in [4.69, 9.17) is 16.2 Å². The average Bonchev–Trinajstić information content (AvgIpc) is 3.32. The summed E-state index contributed by atoms with van der Waals surface area (Å²) in [5, 5.41) is 2.23. The SMILES string of the molecule is CC(C)(CN)C(c1ccc2cc(OCc3ccc(C(N)=O)cc3)ccc2c1)c1ncc[nH]1. The summed E-state index contributed by atoms with van der Waals surface area (Å²) in [5.41, 5.74) is 13.9. The van der Waals surface area contributed by atoms with Crippen LogP contribution in [0.4, 0.5) is 0 Å². The van der Waals surface area contributed by atoms with Crippen molar-refractivity contribution in [3.8, 4) is 5.75 Å². The van der Waals surface area contributed by atoms with Crippen LogP contribution in [0, 0.1) is 5.41 Å². The normalized spacial score (nSPS) is 12.6. The Morgan fingerprint density at radius 2 is 1.78 bits per heavy atom. The Bertz CT molecular complexity index is 1210. The maximum absolute atomic E-state index is 11.2. The Kier molecular flexibility index (Phi) is 5.97. The summed E-state index contributed by atoms with van der Waals surface area (Å²) in [6, 6.07) is 19.6. The number of imidazole rings is 1. The lowest BCUT2D eigenvalue weighted by molar-refractivity contribution is 0.1000. The van der Waals surface area contributed by atoms with E-state index in [0.717, 1.165) is 27.9 Å². The first-order valence-electron chi connectivity index (χ1n) is 10.6. The number of carbonyl (C=O) groups excluding carboxylic acids is 1. The van der Waals surface area contributed by atoms with Gasteiger partial charge in [0.2, 0.25) is 5.91 Å². The van der Waals surface area contributed by atoms with E-state index in [0.29, 0.717) is 18.7 Å². The maximum Gasteiger partial charge on any atom is 0.248 e. The number of rotatable bonds is 8. The van der Waals surface area contributed by atoms with Crippen molar-refractivity contribution < 1.29 is 9.53 Å². The lowest BCUT2D eigenvalue weighted by Gasteiger charge is -2.32. The molecule has 5 N–H and O–H groups in total. The van der Waals surface area contributed by atoms with Gasteiger partial charge in [0.15, 0.2) is 0 Å². The number of benzene rings is 3. The van der Waals surface area contributed by atoms with E-state index in [1.165, 1.54) is 5.56 Å². The zero-order valence-corrected chi connectivity index (χ0v) is 18.3. The predicted octanol–water partition coefficient (Wildman–Crippen LogP) is 4.36. The molecule has 1 atom stereocenters. The highest BCUT2D eigenvalue weighted by Crippen LogP contribution is 2.39. The van der Waals surface area contributed by atoms with Gasteiger partial charge in [0.1, 0.15) is 18.2 Å². The van der Waals surface area contributed by atoms with Crippen LogP contribution in [0.2, 0.25) is 0 Å². The van der Waals surface area contributed by atoms with Gasteiger partial charge in [0, 0.05) is 23.9 Å². The number of nitrogens with one attached hydrogen (secondary N) is 1. The molecule has 0 fully saturated rings. The number of nitrogens with zero attached hydrogens (tertiary/aromatic N) is 1. The van der Waals surface area contributed by atoms with E-state index in [-0.39, 0.29) is 11.3 Å². The number of primary amides is 1. The van der Waals surface area contributed by atoms with E-state index >= 15 is 0 Å². The summed E-state index contributed by atoms with van der Waals surface area (Å²) in [7, 11) is 0. The summed E-state index contributed by atoms with van der Waals surface area (Å²) in [6.07, 6.45) is 3.63. The molecule has 4 rings (SSSR count). The maximum atomic E-state index is 11.2. The second kappa shape index (κ2) is 8.85. The average molecular weight is 429 g/mol. The standard InChI is InChI=1S/C26H28N4O2/c1-26(2,16-27)23(25-29-11-12-30-25)21-8-7-20-14-22(10-9-19(20)13-21)32-15-17-3-5-18(6-4-17)24(28)31/h3-14,23H,15-16,27H2,1-2H3,(H2,28,31)(H,29,30). The molecule has 3 aromatic carbocycles. The van der Waals surface area contributed by atoms with Gasteiger partial charge in [-0.05, 0) is 58.1 Å². The Morgan fingerprint density at radius 1 is 1.06 bits per heavy atom. The van der Waals surface area contributed by atoms with Gasteiger partial charge in [-0.1, -0.05) is 50.2 Å². The van der Waals surface area contributed by atoms with Gasteiger partial charge in [-0.2, -0.15) is 0 Å². The van der Waals surface area contributed by atoms with Crippen LogP contribution in [-0.2, 0) is 6.61 Å². The van der Waals surface area contributed by atoms with Gasteiger partial charge in [-0.25, -0.2) is 4.98 Å². The van der Waals surface area contributed by atoms with E-state index in [9.17, 15) is 4.79 Å². The minimum absolute atomic E-state index is 0.0613. The highest BCUT2D eigenvalue weighted by molar-refractivity contribution is 5.92. The summed E-state index contributed by atoms with van der Waals surface area (Å²) in [6.45, 7) is 5.28. The van der Waals surface area contributed by atoms with Crippen LogP contribution in [0.5, 0.6) is 5.75 Å². The molecule has 0 spiro atoms. The molecular weight excluding hydrogens is 400 g/mol. The van der Waals surface area contributed by atoms with Gasteiger partial charge in [-0.3, -0.25) is 4.79 Å². The molecule has 164 valence electrons. The molecule has 1 unspecified atom stereocenters. The molecule has 1 amide bonds. The monoisotopic (exact) mass is 428 g/mol. The number of ether oxygens (including phenoxy) is 1. The second-order valence-corrected chi connectivity index (χ2v) is 8.72. The minimum Gasteiger partial charge on any atom is -0.489 e. The number of H-pyrrole nitrogens is 1. The van der Waals surface area contributed by atoms with Crippen molar-refractivity contribution in [2.24, 2.45) is 16.9 Å². The Labute approximate surface area is 187 Å². The van der Waals surface area contributed by atoms with Crippen LogP contribution in [0.25, 0.3) is 10.8 Å². The molecule has 0 saturated heterocycles. The topological polar surface area (TPSA) is 107 Å². The van der Waals surface area contributed by atoms with Crippen LogP contribution in [0.1, 0.15) is 47.1 Å². The van der Waals surface area contributed by atoms with E-state index in [1.54, 1.807) is 18.3 Å². The second-order valence-electron chi connectivity index (χ2n) is 8.72. The quantitative estimate of drug-likeness (QED) is 0.388. The Morgan fingerprint density at radius 3 is 2.44 bits per heavy atom. The van der Waals surface area contributed by atoms with Crippen molar-refractivity contribution in [2.75, 3.05) is 6.54 Å². The molecule has 1 aromatic heterocycles. The first-order valence-corrected chi connectivity index (χ1v) is 10.6.